The molecule has 0 spiro atoms. The number of nitrogens with zero attached hydrogens (tertiary/aromatic N) is 1. The molecule has 1 heterocycles. The third kappa shape index (κ3) is 2.53. The zero-order valence-electron chi connectivity index (χ0n) is 11.1. The first-order valence-electron chi connectivity index (χ1n) is 6.28. The van der Waals surface area contributed by atoms with Crippen molar-refractivity contribution in [1.82, 2.24) is 4.90 Å². The fourth-order valence-corrected chi connectivity index (χ4v) is 3.14. The Balaban J connectivity index is 2.43. The van der Waals surface area contributed by atoms with Crippen molar-refractivity contribution < 1.29 is 0 Å². The molecule has 2 unspecified atom stereocenters. The molecule has 0 bridgehead atoms. The lowest BCUT2D eigenvalue weighted by atomic mass is 9.97. The second-order valence-corrected chi connectivity index (χ2v) is 6.69. The molecular formula is C14H20Cl2N2. The molecule has 1 aromatic rings. The van der Waals surface area contributed by atoms with Crippen molar-refractivity contribution in [3.8, 4) is 0 Å². The third-order valence-electron chi connectivity index (χ3n) is 3.61. The Morgan fingerprint density at radius 1 is 1.28 bits per heavy atom. The number of nitrogens with two attached hydrogens (primary N) is 1. The second kappa shape index (κ2) is 5.01. The quantitative estimate of drug-likeness (QED) is 0.849. The molecule has 1 aliphatic heterocycles. The predicted molar refractivity (Wildman–Crippen MR) is 78.3 cm³/mol. The number of hydrogen-bond donors (Lipinski definition) is 1. The highest BCUT2D eigenvalue weighted by atomic mass is 35.5. The van der Waals surface area contributed by atoms with E-state index < -0.39 is 0 Å². The van der Waals surface area contributed by atoms with Gasteiger partial charge in [-0.3, -0.25) is 4.90 Å². The number of benzene rings is 1. The second-order valence-electron chi connectivity index (χ2n) is 5.90. The van der Waals surface area contributed by atoms with Crippen LogP contribution >= 0.6 is 23.2 Å². The summed E-state index contributed by atoms with van der Waals surface area (Å²) in [5.41, 5.74) is 7.39. The first kappa shape index (κ1) is 14.1. The van der Waals surface area contributed by atoms with Gasteiger partial charge in [0.15, 0.2) is 0 Å². The van der Waals surface area contributed by atoms with Gasteiger partial charge in [-0.05, 0) is 38.8 Å². The molecule has 0 amide bonds. The number of likely N-dealkylation sites (tertiary alicyclic amines) is 1. The summed E-state index contributed by atoms with van der Waals surface area (Å²) in [5.74, 6) is 0. The minimum Gasteiger partial charge on any atom is -0.326 e. The maximum atomic E-state index is 6.34. The van der Waals surface area contributed by atoms with Gasteiger partial charge < -0.3 is 5.73 Å². The molecule has 2 rings (SSSR count). The van der Waals surface area contributed by atoms with Gasteiger partial charge in [0.1, 0.15) is 0 Å². The molecule has 0 aromatic heterocycles. The smallest absolute Gasteiger partial charge is 0.0640 e. The van der Waals surface area contributed by atoms with Gasteiger partial charge in [0.2, 0.25) is 0 Å². The molecule has 2 atom stereocenters. The molecule has 0 radical (unpaired) electrons. The lowest BCUT2D eigenvalue weighted by Gasteiger charge is -2.38. The summed E-state index contributed by atoms with van der Waals surface area (Å²) in [7, 11) is 0. The highest BCUT2D eigenvalue weighted by Gasteiger charge is 2.39. The Bertz CT molecular complexity index is 440. The average Bonchev–Trinajstić information content (AvgIpc) is 2.64. The average molecular weight is 287 g/mol. The molecule has 4 heteroatoms. The number of hydrogen-bond acceptors (Lipinski definition) is 2. The largest absolute Gasteiger partial charge is 0.326 e. The fourth-order valence-electron chi connectivity index (χ4n) is 2.72. The van der Waals surface area contributed by atoms with Crippen molar-refractivity contribution in [3.05, 3.63) is 33.8 Å². The molecule has 0 saturated carbocycles. The third-order valence-corrected chi connectivity index (χ3v) is 4.44. The summed E-state index contributed by atoms with van der Waals surface area (Å²) >= 11 is 12.5. The normalized spacial score (nSPS) is 25.7. The van der Waals surface area contributed by atoms with E-state index in [1.54, 1.807) is 0 Å². The van der Waals surface area contributed by atoms with Gasteiger partial charge in [-0.2, -0.15) is 0 Å². The standard InChI is InChI=1S/C14H20Cl2N2/c1-14(2,3)18-8-7-11(17)13(18)9-5-4-6-10(15)12(9)16/h4-6,11,13H,7-8,17H2,1-3H3. The van der Waals surface area contributed by atoms with Crippen LogP contribution in [0, 0.1) is 0 Å². The Labute approximate surface area is 119 Å². The van der Waals surface area contributed by atoms with Crippen molar-refractivity contribution in [2.45, 2.75) is 44.8 Å². The molecule has 0 aliphatic carbocycles. The predicted octanol–water partition coefficient (Wildman–Crippen LogP) is 3.87. The minimum absolute atomic E-state index is 0.0738. The van der Waals surface area contributed by atoms with Crippen molar-refractivity contribution >= 4 is 23.2 Å². The summed E-state index contributed by atoms with van der Waals surface area (Å²) in [6, 6.07) is 6.05. The van der Waals surface area contributed by atoms with Crippen molar-refractivity contribution in [3.63, 3.8) is 0 Å². The van der Waals surface area contributed by atoms with Gasteiger partial charge in [0, 0.05) is 18.1 Å². The maximum Gasteiger partial charge on any atom is 0.0640 e. The Morgan fingerprint density at radius 3 is 2.56 bits per heavy atom. The lowest BCUT2D eigenvalue weighted by molar-refractivity contribution is 0.117. The fraction of sp³-hybridized carbons (Fsp3) is 0.571. The molecule has 1 saturated heterocycles. The van der Waals surface area contributed by atoms with Crippen LogP contribution in [0.2, 0.25) is 10.0 Å². The van der Waals surface area contributed by atoms with E-state index in [-0.39, 0.29) is 17.6 Å². The van der Waals surface area contributed by atoms with E-state index in [1.807, 2.05) is 18.2 Å². The summed E-state index contributed by atoms with van der Waals surface area (Å²) in [5, 5.41) is 1.23. The first-order valence-corrected chi connectivity index (χ1v) is 7.04. The first-order chi connectivity index (χ1) is 8.32. The van der Waals surface area contributed by atoms with Crippen molar-refractivity contribution in [1.29, 1.82) is 0 Å². The highest BCUT2D eigenvalue weighted by molar-refractivity contribution is 6.42. The van der Waals surface area contributed by atoms with Crippen molar-refractivity contribution in [2.24, 2.45) is 5.73 Å². The van der Waals surface area contributed by atoms with E-state index in [9.17, 15) is 0 Å². The molecule has 1 aliphatic rings. The van der Waals surface area contributed by atoms with Crippen LogP contribution in [0.15, 0.2) is 18.2 Å². The summed E-state index contributed by atoms with van der Waals surface area (Å²) in [6.07, 6.45) is 0.991. The van der Waals surface area contributed by atoms with Gasteiger partial charge in [-0.1, -0.05) is 35.3 Å². The van der Waals surface area contributed by atoms with Crippen LogP contribution in [-0.2, 0) is 0 Å². The minimum atomic E-state index is 0.0738. The SMILES string of the molecule is CC(C)(C)N1CCC(N)C1c1cccc(Cl)c1Cl. The van der Waals surface area contributed by atoms with Crippen LogP contribution in [0.1, 0.15) is 38.8 Å². The van der Waals surface area contributed by atoms with Crippen LogP contribution in [0.25, 0.3) is 0 Å². The Morgan fingerprint density at radius 2 is 1.94 bits per heavy atom. The molecule has 1 aromatic carbocycles. The lowest BCUT2D eigenvalue weighted by Crippen LogP contribution is -2.43. The van der Waals surface area contributed by atoms with Crippen LogP contribution in [0.3, 0.4) is 0 Å². The van der Waals surface area contributed by atoms with E-state index in [2.05, 4.69) is 25.7 Å². The van der Waals surface area contributed by atoms with Gasteiger partial charge in [0.25, 0.3) is 0 Å². The number of halogens is 2. The number of rotatable bonds is 1. The van der Waals surface area contributed by atoms with Gasteiger partial charge in [0.05, 0.1) is 16.1 Å². The van der Waals surface area contributed by atoms with E-state index in [1.165, 1.54) is 0 Å². The summed E-state index contributed by atoms with van der Waals surface area (Å²) in [4.78, 5) is 2.41. The maximum absolute atomic E-state index is 6.34. The van der Waals surface area contributed by atoms with Crippen LogP contribution in [0.5, 0.6) is 0 Å². The monoisotopic (exact) mass is 286 g/mol. The zero-order chi connectivity index (χ0) is 13.5. The molecule has 2 nitrogen and oxygen atoms in total. The van der Waals surface area contributed by atoms with Gasteiger partial charge in [-0.15, -0.1) is 0 Å². The molecule has 2 N–H and O–H groups in total. The molecular weight excluding hydrogens is 267 g/mol. The molecule has 1 fully saturated rings. The van der Waals surface area contributed by atoms with E-state index in [0.29, 0.717) is 10.0 Å². The van der Waals surface area contributed by atoms with Crippen molar-refractivity contribution in [2.75, 3.05) is 6.54 Å². The van der Waals surface area contributed by atoms with E-state index >= 15 is 0 Å². The Hall–Kier alpha value is -0.280. The van der Waals surface area contributed by atoms with Crippen LogP contribution < -0.4 is 5.73 Å². The van der Waals surface area contributed by atoms with Crippen LogP contribution in [-0.4, -0.2) is 23.0 Å². The van der Waals surface area contributed by atoms with Gasteiger partial charge >= 0.3 is 0 Å². The van der Waals surface area contributed by atoms with E-state index in [0.717, 1.165) is 18.5 Å². The zero-order valence-corrected chi connectivity index (χ0v) is 12.6. The molecule has 100 valence electrons. The topological polar surface area (TPSA) is 29.3 Å². The molecule has 18 heavy (non-hydrogen) atoms. The van der Waals surface area contributed by atoms with Gasteiger partial charge in [-0.25, -0.2) is 0 Å². The Kier molecular flexibility index (Phi) is 3.93. The summed E-state index contributed by atoms with van der Waals surface area (Å²) in [6.45, 7) is 7.61. The highest BCUT2D eigenvalue weighted by Crippen LogP contribution is 2.41. The summed E-state index contributed by atoms with van der Waals surface area (Å²) < 4.78 is 0. The van der Waals surface area contributed by atoms with E-state index in [4.69, 9.17) is 28.9 Å². The van der Waals surface area contributed by atoms with Crippen LogP contribution in [0.4, 0.5) is 0 Å².